The number of aryl methyl sites for hydroxylation is 1. The standard InChI is InChI=1S/C7H11N3O2/c1-4-5(3-6(11)12)10-7(8-2)9-4/h3H2,1-2H3,(H,11,12)(H2,8,9,10). The first-order valence-electron chi connectivity index (χ1n) is 3.58. The van der Waals surface area contributed by atoms with E-state index in [-0.39, 0.29) is 6.42 Å². The van der Waals surface area contributed by atoms with Crippen molar-refractivity contribution < 1.29 is 9.90 Å². The molecule has 5 nitrogen and oxygen atoms in total. The number of rotatable bonds is 3. The number of aliphatic carboxylic acids is 1. The van der Waals surface area contributed by atoms with Gasteiger partial charge in [0.2, 0.25) is 0 Å². The van der Waals surface area contributed by atoms with Gasteiger partial charge in [0.15, 0.2) is 5.95 Å². The third-order valence-electron chi connectivity index (χ3n) is 1.54. The quantitative estimate of drug-likeness (QED) is 0.611. The van der Waals surface area contributed by atoms with Gasteiger partial charge in [0, 0.05) is 12.7 Å². The largest absolute Gasteiger partial charge is 0.481 e. The van der Waals surface area contributed by atoms with Crippen molar-refractivity contribution in [2.45, 2.75) is 13.3 Å². The maximum absolute atomic E-state index is 10.3. The van der Waals surface area contributed by atoms with E-state index >= 15 is 0 Å². The topological polar surface area (TPSA) is 78.0 Å². The Labute approximate surface area is 69.8 Å². The van der Waals surface area contributed by atoms with Gasteiger partial charge in [0.05, 0.1) is 12.1 Å². The fourth-order valence-corrected chi connectivity index (χ4v) is 0.930. The predicted octanol–water partition coefficient (Wildman–Crippen LogP) is 0.387. The fraction of sp³-hybridized carbons (Fsp3) is 0.429. The highest BCUT2D eigenvalue weighted by Gasteiger charge is 2.08. The molecule has 0 spiro atoms. The Kier molecular flexibility index (Phi) is 2.32. The molecule has 1 rings (SSSR count). The monoisotopic (exact) mass is 169 g/mol. The molecule has 0 aliphatic carbocycles. The van der Waals surface area contributed by atoms with Crippen molar-refractivity contribution in [3.8, 4) is 0 Å². The number of carbonyl (C=O) groups is 1. The van der Waals surface area contributed by atoms with Crippen LogP contribution < -0.4 is 5.32 Å². The maximum atomic E-state index is 10.3. The molecule has 12 heavy (non-hydrogen) atoms. The van der Waals surface area contributed by atoms with Crippen LogP contribution in [0.2, 0.25) is 0 Å². The highest BCUT2D eigenvalue weighted by Crippen LogP contribution is 2.08. The molecular weight excluding hydrogens is 158 g/mol. The minimum Gasteiger partial charge on any atom is -0.481 e. The molecule has 0 aromatic carbocycles. The minimum atomic E-state index is -0.868. The lowest BCUT2D eigenvalue weighted by molar-refractivity contribution is -0.136. The van der Waals surface area contributed by atoms with Crippen molar-refractivity contribution in [2.24, 2.45) is 0 Å². The molecule has 0 fully saturated rings. The molecule has 1 aromatic heterocycles. The summed E-state index contributed by atoms with van der Waals surface area (Å²) in [5.74, 6) is -0.268. The van der Waals surface area contributed by atoms with Crippen molar-refractivity contribution in [3.05, 3.63) is 11.4 Å². The van der Waals surface area contributed by atoms with E-state index in [1.165, 1.54) is 0 Å². The first-order valence-corrected chi connectivity index (χ1v) is 3.58. The van der Waals surface area contributed by atoms with E-state index in [1.807, 2.05) is 0 Å². The van der Waals surface area contributed by atoms with Crippen LogP contribution in [0.1, 0.15) is 11.4 Å². The summed E-state index contributed by atoms with van der Waals surface area (Å²) in [4.78, 5) is 17.3. The minimum absolute atomic E-state index is 0.0377. The average Bonchev–Trinajstić information content (AvgIpc) is 2.31. The summed E-state index contributed by atoms with van der Waals surface area (Å²) < 4.78 is 0. The molecule has 1 aromatic rings. The number of carboxylic acid groups (broad SMARTS) is 1. The Morgan fingerprint density at radius 2 is 2.42 bits per heavy atom. The van der Waals surface area contributed by atoms with Gasteiger partial charge in [-0.1, -0.05) is 0 Å². The lowest BCUT2D eigenvalue weighted by Gasteiger charge is -1.89. The first kappa shape index (κ1) is 8.58. The molecule has 5 heteroatoms. The van der Waals surface area contributed by atoms with Crippen molar-refractivity contribution >= 4 is 11.9 Å². The molecule has 0 bridgehead atoms. The number of imidazole rings is 1. The van der Waals surface area contributed by atoms with Gasteiger partial charge in [-0.05, 0) is 6.92 Å². The maximum Gasteiger partial charge on any atom is 0.309 e. The molecule has 0 radical (unpaired) electrons. The summed E-state index contributed by atoms with van der Waals surface area (Å²) in [5.41, 5.74) is 1.37. The van der Waals surface area contributed by atoms with Gasteiger partial charge >= 0.3 is 5.97 Å². The second-order valence-electron chi connectivity index (χ2n) is 2.48. The highest BCUT2D eigenvalue weighted by molar-refractivity contribution is 5.70. The Hall–Kier alpha value is -1.52. The SMILES string of the molecule is CNc1nc(CC(=O)O)c(C)[nH]1. The zero-order chi connectivity index (χ0) is 9.14. The molecule has 3 N–H and O–H groups in total. The second-order valence-corrected chi connectivity index (χ2v) is 2.48. The van der Waals surface area contributed by atoms with Crippen LogP contribution in [0.3, 0.4) is 0 Å². The number of nitrogens with zero attached hydrogens (tertiary/aromatic N) is 1. The fourth-order valence-electron chi connectivity index (χ4n) is 0.930. The third kappa shape index (κ3) is 1.75. The van der Waals surface area contributed by atoms with Gasteiger partial charge in [0.1, 0.15) is 0 Å². The van der Waals surface area contributed by atoms with Crippen LogP contribution in [0.5, 0.6) is 0 Å². The van der Waals surface area contributed by atoms with Crippen molar-refractivity contribution in [1.82, 2.24) is 9.97 Å². The molecule has 0 aliphatic heterocycles. The summed E-state index contributed by atoms with van der Waals surface area (Å²) in [6.45, 7) is 1.80. The van der Waals surface area contributed by atoms with E-state index in [0.717, 1.165) is 5.69 Å². The smallest absolute Gasteiger partial charge is 0.309 e. The summed E-state index contributed by atoms with van der Waals surface area (Å²) in [7, 11) is 1.73. The predicted molar refractivity (Wildman–Crippen MR) is 44.2 cm³/mol. The van der Waals surface area contributed by atoms with Gasteiger partial charge in [-0.2, -0.15) is 0 Å². The first-order chi connectivity index (χ1) is 5.63. The number of aromatic nitrogens is 2. The Morgan fingerprint density at radius 3 is 2.83 bits per heavy atom. The number of hydrogen-bond donors (Lipinski definition) is 3. The summed E-state index contributed by atoms with van der Waals surface area (Å²) in [5, 5.41) is 11.3. The summed E-state index contributed by atoms with van der Waals surface area (Å²) in [6, 6.07) is 0. The van der Waals surface area contributed by atoms with Crippen molar-refractivity contribution in [1.29, 1.82) is 0 Å². The highest BCUT2D eigenvalue weighted by atomic mass is 16.4. The number of carboxylic acids is 1. The van der Waals surface area contributed by atoms with Crippen LogP contribution in [-0.4, -0.2) is 28.1 Å². The number of anilines is 1. The van der Waals surface area contributed by atoms with Crippen LogP contribution >= 0.6 is 0 Å². The van der Waals surface area contributed by atoms with Crippen molar-refractivity contribution in [3.63, 3.8) is 0 Å². The summed E-state index contributed by atoms with van der Waals surface area (Å²) in [6.07, 6.45) is -0.0377. The molecule has 0 aliphatic rings. The lowest BCUT2D eigenvalue weighted by Crippen LogP contribution is -2.01. The van der Waals surface area contributed by atoms with Gasteiger partial charge in [-0.3, -0.25) is 4.79 Å². The van der Waals surface area contributed by atoms with E-state index in [4.69, 9.17) is 5.11 Å². The van der Waals surface area contributed by atoms with Crippen LogP contribution in [0.25, 0.3) is 0 Å². The molecule has 0 saturated heterocycles. The molecular formula is C7H11N3O2. The van der Waals surface area contributed by atoms with Gasteiger partial charge in [-0.15, -0.1) is 0 Å². The number of H-pyrrole nitrogens is 1. The van der Waals surface area contributed by atoms with Gasteiger partial charge in [-0.25, -0.2) is 4.98 Å². The van der Waals surface area contributed by atoms with Gasteiger partial charge < -0.3 is 15.4 Å². The molecule has 0 atom stereocenters. The average molecular weight is 169 g/mol. The van der Waals surface area contributed by atoms with E-state index in [0.29, 0.717) is 11.6 Å². The Bertz CT molecular complexity index is 293. The Balaban J connectivity index is 2.84. The second kappa shape index (κ2) is 3.25. The van der Waals surface area contributed by atoms with Crippen LogP contribution in [0, 0.1) is 6.92 Å². The van der Waals surface area contributed by atoms with E-state index in [2.05, 4.69) is 15.3 Å². The van der Waals surface area contributed by atoms with E-state index in [1.54, 1.807) is 14.0 Å². The number of hydrogen-bond acceptors (Lipinski definition) is 3. The molecule has 0 amide bonds. The number of nitrogens with one attached hydrogen (secondary N) is 2. The molecule has 0 unspecified atom stereocenters. The number of aromatic amines is 1. The molecule has 1 heterocycles. The van der Waals surface area contributed by atoms with E-state index in [9.17, 15) is 4.79 Å². The summed E-state index contributed by atoms with van der Waals surface area (Å²) >= 11 is 0. The molecule has 66 valence electrons. The van der Waals surface area contributed by atoms with Gasteiger partial charge in [0.25, 0.3) is 0 Å². The van der Waals surface area contributed by atoms with E-state index < -0.39 is 5.97 Å². The van der Waals surface area contributed by atoms with Crippen LogP contribution in [0.4, 0.5) is 5.95 Å². The normalized spacial score (nSPS) is 9.83. The zero-order valence-electron chi connectivity index (χ0n) is 7.01. The van der Waals surface area contributed by atoms with Crippen LogP contribution in [-0.2, 0) is 11.2 Å². The third-order valence-corrected chi connectivity index (χ3v) is 1.54. The van der Waals surface area contributed by atoms with Crippen molar-refractivity contribution in [2.75, 3.05) is 12.4 Å². The van der Waals surface area contributed by atoms with Crippen LogP contribution in [0.15, 0.2) is 0 Å². The Morgan fingerprint density at radius 1 is 1.75 bits per heavy atom. The lowest BCUT2D eigenvalue weighted by atomic mass is 10.3. The zero-order valence-corrected chi connectivity index (χ0v) is 7.01. The molecule has 0 saturated carbocycles.